The standard InChI is InChI=1S/C16H26N4O/c1-16(17)9-5-4-6-13(16)15(21)19-11-12-7-8-14(18-10-12)20(2)3/h7-8,10,13H,4-6,9,11,17H2,1-3H3,(H,19,21). The molecule has 2 atom stereocenters. The number of carbonyl (C=O) groups excluding carboxylic acids is 1. The zero-order valence-corrected chi connectivity index (χ0v) is 13.2. The molecule has 1 saturated carbocycles. The normalized spacial score (nSPS) is 25.4. The Labute approximate surface area is 126 Å². The number of amides is 1. The molecule has 1 aliphatic carbocycles. The number of hydrogen-bond donors (Lipinski definition) is 2. The number of nitrogens with one attached hydrogen (secondary N) is 1. The summed E-state index contributed by atoms with van der Waals surface area (Å²) in [5.74, 6) is 0.892. The monoisotopic (exact) mass is 290 g/mol. The van der Waals surface area contributed by atoms with Crippen molar-refractivity contribution in [2.75, 3.05) is 19.0 Å². The van der Waals surface area contributed by atoms with E-state index in [1.807, 2.05) is 38.1 Å². The fraction of sp³-hybridized carbons (Fsp3) is 0.625. The fourth-order valence-corrected chi connectivity index (χ4v) is 2.89. The molecule has 0 spiro atoms. The van der Waals surface area contributed by atoms with E-state index >= 15 is 0 Å². The van der Waals surface area contributed by atoms with Gasteiger partial charge in [0.2, 0.25) is 5.91 Å². The van der Waals surface area contributed by atoms with Crippen LogP contribution in [0.3, 0.4) is 0 Å². The smallest absolute Gasteiger partial charge is 0.225 e. The summed E-state index contributed by atoms with van der Waals surface area (Å²) in [6, 6.07) is 3.94. The third kappa shape index (κ3) is 3.94. The Kier molecular flexibility index (Phi) is 4.83. The van der Waals surface area contributed by atoms with Gasteiger partial charge in [0.15, 0.2) is 0 Å². The van der Waals surface area contributed by atoms with Gasteiger partial charge in [0, 0.05) is 32.4 Å². The summed E-state index contributed by atoms with van der Waals surface area (Å²) in [5.41, 5.74) is 6.89. The Morgan fingerprint density at radius 3 is 2.81 bits per heavy atom. The summed E-state index contributed by atoms with van der Waals surface area (Å²) in [5, 5.41) is 3.00. The van der Waals surface area contributed by atoms with Crippen LogP contribution in [0.1, 0.15) is 38.2 Å². The van der Waals surface area contributed by atoms with Crippen molar-refractivity contribution >= 4 is 11.7 Å². The Bertz CT molecular complexity index is 482. The largest absolute Gasteiger partial charge is 0.363 e. The minimum atomic E-state index is -0.380. The van der Waals surface area contributed by atoms with Gasteiger partial charge in [-0.15, -0.1) is 0 Å². The SMILES string of the molecule is CN(C)c1ccc(CNC(=O)C2CCCCC2(C)N)cn1. The number of nitrogens with two attached hydrogens (primary N) is 1. The predicted octanol–water partition coefficient (Wildman–Crippen LogP) is 1.67. The molecule has 1 amide bonds. The molecule has 1 heterocycles. The lowest BCUT2D eigenvalue weighted by Gasteiger charge is -2.37. The second kappa shape index (κ2) is 6.43. The summed E-state index contributed by atoms with van der Waals surface area (Å²) in [6.45, 7) is 2.50. The van der Waals surface area contributed by atoms with E-state index in [-0.39, 0.29) is 17.4 Å². The average Bonchev–Trinajstić information content (AvgIpc) is 2.44. The fourth-order valence-electron chi connectivity index (χ4n) is 2.89. The van der Waals surface area contributed by atoms with Gasteiger partial charge in [-0.05, 0) is 31.4 Å². The van der Waals surface area contributed by atoms with Crippen LogP contribution in [0.2, 0.25) is 0 Å². The summed E-state index contributed by atoms with van der Waals surface area (Å²) < 4.78 is 0. The van der Waals surface area contributed by atoms with Crippen LogP contribution in [-0.4, -0.2) is 30.5 Å². The molecule has 1 aromatic heterocycles. The van der Waals surface area contributed by atoms with Crippen LogP contribution >= 0.6 is 0 Å². The molecule has 2 rings (SSSR count). The first-order valence-electron chi connectivity index (χ1n) is 7.59. The molecule has 5 nitrogen and oxygen atoms in total. The van der Waals surface area contributed by atoms with E-state index in [1.165, 1.54) is 0 Å². The first-order chi connectivity index (χ1) is 9.90. The molecule has 1 aliphatic rings. The minimum Gasteiger partial charge on any atom is -0.363 e. The van der Waals surface area contributed by atoms with Crippen LogP contribution < -0.4 is 16.0 Å². The van der Waals surface area contributed by atoms with Crippen LogP contribution in [0.5, 0.6) is 0 Å². The maximum Gasteiger partial charge on any atom is 0.225 e. The summed E-state index contributed by atoms with van der Waals surface area (Å²) in [4.78, 5) is 18.6. The summed E-state index contributed by atoms with van der Waals surface area (Å²) in [6.07, 6.45) is 5.82. The Morgan fingerprint density at radius 1 is 1.48 bits per heavy atom. The number of pyridine rings is 1. The first kappa shape index (κ1) is 15.8. The maximum atomic E-state index is 12.3. The van der Waals surface area contributed by atoms with E-state index in [9.17, 15) is 4.79 Å². The molecular weight excluding hydrogens is 264 g/mol. The third-order valence-corrected chi connectivity index (χ3v) is 4.30. The second-order valence-electron chi connectivity index (χ2n) is 6.44. The van der Waals surface area contributed by atoms with E-state index < -0.39 is 0 Å². The van der Waals surface area contributed by atoms with Crippen molar-refractivity contribution in [2.45, 2.75) is 44.7 Å². The van der Waals surface area contributed by atoms with Crippen molar-refractivity contribution in [1.82, 2.24) is 10.3 Å². The van der Waals surface area contributed by atoms with Crippen LogP contribution in [0.4, 0.5) is 5.82 Å². The summed E-state index contributed by atoms with van der Waals surface area (Å²) >= 11 is 0. The van der Waals surface area contributed by atoms with Crippen molar-refractivity contribution in [3.05, 3.63) is 23.9 Å². The molecule has 0 aromatic carbocycles. The molecule has 1 aromatic rings. The van der Waals surface area contributed by atoms with E-state index in [2.05, 4.69) is 10.3 Å². The highest BCUT2D eigenvalue weighted by Crippen LogP contribution is 2.31. The van der Waals surface area contributed by atoms with Gasteiger partial charge in [-0.2, -0.15) is 0 Å². The lowest BCUT2D eigenvalue weighted by Crippen LogP contribution is -2.52. The summed E-state index contributed by atoms with van der Waals surface area (Å²) in [7, 11) is 3.91. The molecule has 116 valence electrons. The molecule has 2 unspecified atom stereocenters. The molecule has 5 heteroatoms. The molecule has 21 heavy (non-hydrogen) atoms. The second-order valence-corrected chi connectivity index (χ2v) is 6.44. The quantitative estimate of drug-likeness (QED) is 0.885. The van der Waals surface area contributed by atoms with Gasteiger partial charge in [-0.1, -0.05) is 18.9 Å². The van der Waals surface area contributed by atoms with Gasteiger partial charge in [0.05, 0.1) is 5.92 Å². The molecule has 0 bridgehead atoms. The number of nitrogens with zero attached hydrogens (tertiary/aromatic N) is 2. The zero-order valence-electron chi connectivity index (χ0n) is 13.2. The highest BCUT2D eigenvalue weighted by Gasteiger charge is 2.37. The lowest BCUT2D eigenvalue weighted by molar-refractivity contribution is -0.128. The van der Waals surface area contributed by atoms with Crippen molar-refractivity contribution in [2.24, 2.45) is 11.7 Å². The number of hydrogen-bond acceptors (Lipinski definition) is 4. The highest BCUT2D eigenvalue weighted by molar-refractivity contribution is 5.80. The van der Waals surface area contributed by atoms with E-state index in [1.54, 1.807) is 6.20 Å². The lowest BCUT2D eigenvalue weighted by atomic mass is 9.74. The first-order valence-corrected chi connectivity index (χ1v) is 7.59. The van der Waals surface area contributed by atoms with Gasteiger partial charge < -0.3 is 16.0 Å². The van der Waals surface area contributed by atoms with E-state index in [0.717, 1.165) is 37.1 Å². The van der Waals surface area contributed by atoms with Crippen molar-refractivity contribution < 1.29 is 4.79 Å². The Hall–Kier alpha value is -1.62. The van der Waals surface area contributed by atoms with Crippen molar-refractivity contribution in [3.8, 4) is 0 Å². The molecule has 0 aliphatic heterocycles. The van der Waals surface area contributed by atoms with Crippen LogP contribution in [0, 0.1) is 5.92 Å². The van der Waals surface area contributed by atoms with Gasteiger partial charge >= 0.3 is 0 Å². The molecule has 1 fully saturated rings. The molecule has 0 saturated heterocycles. The van der Waals surface area contributed by atoms with Crippen molar-refractivity contribution in [1.29, 1.82) is 0 Å². The number of rotatable bonds is 4. The van der Waals surface area contributed by atoms with E-state index in [4.69, 9.17) is 5.73 Å². The number of carbonyl (C=O) groups is 1. The maximum absolute atomic E-state index is 12.3. The minimum absolute atomic E-state index is 0.0661. The molecule has 3 N–H and O–H groups in total. The van der Waals surface area contributed by atoms with Crippen LogP contribution in [0.25, 0.3) is 0 Å². The number of aromatic nitrogens is 1. The predicted molar refractivity (Wildman–Crippen MR) is 85.0 cm³/mol. The van der Waals surface area contributed by atoms with Gasteiger partial charge in [-0.3, -0.25) is 4.79 Å². The Morgan fingerprint density at radius 2 is 2.24 bits per heavy atom. The zero-order chi connectivity index (χ0) is 15.5. The van der Waals surface area contributed by atoms with E-state index in [0.29, 0.717) is 6.54 Å². The van der Waals surface area contributed by atoms with Gasteiger partial charge in [0.25, 0.3) is 0 Å². The van der Waals surface area contributed by atoms with Gasteiger partial charge in [-0.25, -0.2) is 4.98 Å². The van der Waals surface area contributed by atoms with Crippen molar-refractivity contribution in [3.63, 3.8) is 0 Å². The number of anilines is 1. The highest BCUT2D eigenvalue weighted by atomic mass is 16.1. The third-order valence-electron chi connectivity index (χ3n) is 4.30. The van der Waals surface area contributed by atoms with Crippen LogP contribution in [0.15, 0.2) is 18.3 Å². The Balaban J connectivity index is 1.91. The molecular formula is C16H26N4O. The topological polar surface area (TPSA) is 71.2 Å². The molecule has 0 radical (unpaired) electrons. The van der Waals surface area contributed by atoms with Gasteiger partial charge in [0.1, 0.15) is 5.82 Å². The average molecular weight is 290 g/mol. The van der Waals surface area contributed by atoms with Crippen LogP contribution in [-0.2, 0) is 11.3 Å².